The zero-order valence-electron chi connectivity index (χ0n) is 11.8. The standard InChI is InChI=1S/C14H17N5OS/c1-8-6-9(7-12(16-8)19-15)13(20)18-14-17-10-4-2-3-5-11(10)21-14/h6-7H,2-5,15H2,1H3,(H,16,19)(H,17,18,20). The minimum Gasteiger partial charge on any atom is -0.308 e. The van der Waals surface area contributed by atoms with E-state index < -0.39 is 0 Å². The summed E-state index contributed by atoms with van der Waals surface area (Å²) in [5.41, 5.74) is 4.85. The number of fused-ring (bicyclic) bond motifs is 1. The zero-order chi connectivity index (χ0) is 14.8. The molecule has 2 aromatic rings. The number of carbonyl (C=O) groups excluding carboxylic acids is 1. The molecule has 0 bridgehead atoms. The van der Waals surface area contributed by atoms with Crippen molar-refractivity contribution in [3.8, 4) is 0 Å². The molecule has 21 heavy (non-hydrogen) atoms. The average molecular weight is 303 g/mol. The lowest BCUT2D eigenvalue weighted by atomic mass is 10.0. The molecule has 7 heteroatoms. The second-order valence-corrected chi connectivity index (χ2v) is 6.16. The maximum atomic E-state index is 12.3. The average Bonchev–Trinajstić information content (AvgIpc) is 2.88. The third-order valence-corrected chi connectivity index (χ3v) is 4.50. The number of aryl methyl sites for hydroxylation is 3. The third-order valence-electron chi connectivity index (χ3n) is 3.43. The molecule has 0 fully saturated rings. The molecule has 0 radical (unpaired) electrons. The second-order valence-electron chi connectivity index (χ2n) is 5.08. The molecule has 0 aliphatic heterocycles. The van der Waals surface area contributed by atoms with E-state index in [2.05, 4.69) is 20.7 Å². The van der Waals surface area contributed by atoms with Crippen LogP contribution < -0.4 is 16.6 Å². The Morgan fingerprint density at radius 1 is 1.29 bits per heavy atom. The van der Waals surface area contributed by atoms with Gasteiger partial charge in [0.05, 0.1) is 5.69 Å². The van der Waals surface area contributed by atoms with Crippen molar-refractivity contribution in [1.29, 1.82) is 0 Å². The smallest absolute Gasteiger partial charge is 0.257 e. The Morgan fingerprint density at radius 3 is 2.86 bits per heavy atom. The van der Waals surface area contributed by atoms with Crippen molar-refractivity contribution in [2.75, 3.05) is 10.7 Å². The molecule has 0 aromatic carbocycles. The van der Waals surface area contributed by atoms with Crippen LogP contribution in [-0.2, 0) is 12.8 Å². The summed E-state index contributed by atoms with van der Waals surface area (Å²) in [5, 5.41) is 3.54. The van der Waals surface area contributed by atoms with Crippen molar-refractivity contribution in [2.45, 2.75) is 32.6 Å². The largest absolute Gasteiger partial charge is 0.308 e. The van der Waals surface area contributed by atoms with Crippen molar-refractivity contribution in [3.63, 3.8) is 0 Å². The van der Waals surface area contributed by atoms with E-state index in [-0.39, 0.29) is 5.91 Å². The molecule has 0 unspecified atom stereocenters. The number of nitrogens with zero attached hydrogens (tertiary/aromatic N) is 2. The molecule has 0 saturated carbocycles. The van der Waals surface area contributed by atoms with Gasteiger partial charge in [-0.05, 0) is 44.7 Å². The van der Waals surface area contributed by atoms with Crippen LogP contribution in [0, 0.1) is 6.92 Å². The highest BCUT2D eigenvalue weighted by Crippen LogP contribution is 2.29. The number of anilines is 2. The third kappa shape index (κ3) is 3.03. The Morgan fingerprint density at radius 2 is 2.10 bits per heavy atom. The number of nitrogens with one attached hydrogen (secondary N) is 2. The molecular formula is C14H17N5OS. The number of carbonyl (C=O) groups is 1. The van der Waals surface area contributed by atoms with Gasteiger partial charge in [-0.3, -0.25) is 10.1 Å². The molecule has 2 aromatic heterocycles. The number of nitrogens with two attached hydrogens (primary N) is 1. The Bertz CT molecular complexity index is 658. The van der Waals surface area contributed by atoms with Gasteiger partial charge >= 0.3 is 0 Å². The number of pyridine rings is 1. The summed E-state index contributed by atoms with van der Waals surface area (Å²) in [6, 6.07) is 3.35. The van der Waals surface area contributed by atoms with Gasteiger partial charge in [-0.2, -0.15) is 0 Å². The lowest BCUT2D eigenvalue weighted by Crippen LogP contribution is -2.15. The molecule has 0 saturated heterocycles. The first-order valence-electron chi connectivity index (χ1n) is 6.91. The van der Waals surface area contributed by atoms with Gasteiger partial charge in [0.25, 0.3) is 5.91 Å². The summed E-state index contributed by atoms with van der Waals surface area (Å²) in [7, 11) is 0. The summed E-state index contributed by atoms with van der Waals surface area (Å²) >= 11 is 1.57. The van der Waals surface area contributed by atoms with Crippen LogP contribution >= 0.6 is 11.3 Å². The van der Waals surface area contributed by atoms with Crippen LogP contribution in [0.1, 0.15) is 39.5 Å². The maximum Gasteiger partial charge on any atom is 0.257 e. The van der Waals surface area contributed by atoms with E-state index >= 15 is 0 Å². The van der Waals surface area contributed by atoms with Gasteiger partial charge in [-0.15, -0.1) is 11.3 Å². The van der Waals surface area contributed by atoms with Crippen LogP contribution in [0.25, 0.3) is 0 Å². The Labute approximate surface area is 126 Å². The minimum atomic E-state index is -0.192. The molecule has 1 aliphatic carbocycles. The molecule has 6 nitrogen and oxygen atoms in total. The van der Waals surface area contributed by atoms with Gasteiger partial charge < -0.3 is 5.43 Å². The number of thiazole rings is 1. The predicted molar refractivity (Wildman–Crippen MR) is 83.5 cm³/mol. The molecule has 0 spiro atoms. The van der Waals surface area contributed by atoms with Gasteiger partial charge in [0.1, 0.15) is 5.82 Å². The van der Waals surface area contributed by atoms with E-state index in [9.17, 15) is 4.79 Å². The molecule has 0 atom stereocenters. The first kappa shape index (κ1) is 14.0. The van der Waals surface area contributed by atoms with Crippen LogP contribution in [0.3, 0.4) is 0 Å². The SMILES string of the molecule is Cc1cc(C(=O)Nc2nc3c(s2)CCCC3)cc(NN)n1. The van der Waals surface area contributed by atoms with Gasteiger partial charge in [0.2, 0.25) is 0 Å². The van der Waals surface area contributed by atoms with E-state index in [0.717, 1.165) is 24.2 Å². The Balaban J connectivity index is 1.79. The summed E-state index contributed by atoms with van der Waals surface area (Å²) in [6.07, 6.45) is 4.46. The lowest BCUT2D eigenvalue weighted by Gasteiger charge is -2.06. The molecule has 3 rings (SSSR count). The van der Waals surface area contributed by atoms with Crippen molar-refractivity contribution in [1.82, 2.24) is 9.97 Å². The number of amides is 1. The van der Waals surface area contributed by atoms with Crippen LogP contribution in [0.15, 0.2) is 12.1 Å². The van der Waals surface area contributed by atoms with Gasteiger partial charge in [0, 0.05) is 16.1 Å². The Hall–Kier alpha value is -1.99. The van der Waals surface area contributed by atoms with Crippen molar-refractivity contribution < 1.29 is 4.79 Å². The van der Waals surface area contributed by atoms with Crippen molar-refractivity contribution in [3.05, 3.63) is 34.0 Å². The van der Waals surface area contributed by atoms with Gasteiger partial charge in [-0.1, -0.05) is 0 Å². The molecule has 1 aliphatic rings. The summed E-state index contributed by atoms with van der Waals surface area (Å²) in [6.45, 7) is 1.82. The van der Waals surface area contributed by atoms with E-state index in [1.807, 2.05) is 6.92 Å². The van der Waals surface area contributed by atoms with Crippen LogP contribution in [-0.4, -0.2) is 15.9 Å². The quantitative estimate of drug-likeness (QED) is 0.597. The van der Waals surface area contributed by atoms with Crippen LogP contribution in [0.4, 0.5) is 10.9 Å². The fourth-order valence-electron chi connectivity index (χ4n) is 2.45. The summed E-state index contributed by atoms with van der Waals surface area (Å²) in [5.74, 6) is 5.63. The van der Waals surface area contributed by atoms with E-state index in [1.54, 1.807) is 23.5 Å². The zero-order valence-corrected chi connectivity index (χ0v) is 12.6. The van der Waals surface area contributed by atoms with Crippen LogP contribution in [0.2, 0.25) is 0 Å². The number of aromatic nitrogens is 2. The van der Waals surface area contributed by atoms with E-state index in [1.165, 1.54) is 17.7 Å². The number of hydrogen-bond donors (Lipinski definition) is 3. The highest BCUT2D eigenvalue weighted by Gasteiger charge is 2.17. The minimum absolute atomic E-state index is 0.192. The maximum absolute atomic E-state index is 12.3. The van der Waals surface area contributed by atoms with Crippen molar-refractivity contribution in [2.24, 2.45) is 5.84 Å². The van der Waals surface area contributed by atoms with Crippen LogP contribution in [0.5, 0.6) is 0 Å². The molecule has 1 amide bonds. The topological polar surface area (TPSA) is 92.9 Å². The molecule has 2 heterocycles. The number of hydrogen-bond acceptors (Lipinski definition) is 6. The Kier molecular flexibility index (Phi) is 3.85. The summed E-state index contributed by atoms with van der Waals surface area (Å²) < 4.78 is 0. The van der Waals surface area contributed by atoms with E-state index in [0.29, 0.717) is 16.5 Å². The highest BCUT2D eigenvalue weighted by atomic mass is 32.1. The summed E-state index contributed by atoms with van der Waals surface area (Å²) in [4.78, 5) is 22.3. The number of nitrogen functional groups attached to an aromatic ring is 1. The van der Waals surface area contributed by atoms with Crippen molar-refractivity contribution >= 4 is 28.2 Å². The normalized spacial score (nSPS) is 13.6. The predicted octanol–water partition coefficient (Wildman–Crippen LogP) is 2.26. The van der Waals surface area contributed by atoms with E-state index in [4.69, 9.17) is 5.84 Å². The second kappa shape index (κ2) is 5.79. The fourth-order valence-corrected chi connectivity index (χ4v) is 3.49. The monoisotopic (exact) mass is 303 g/mol. The number of hydrazine groups is 1. The first-order chi connectivity index (χ1) is 10.2. The fraction of sp³-hybridized carbons (Fsp3) is 0.357. The highest BCUT2D eigenvalue weighted by molar-refractivity contribution is 7.15. The molecular weight excluding hydrogens is 286 g/mol. The molecule has 4 N–H and O–H groups in total. The first-order valence-corrected chi connectivity index (χ1v) is 7.72. The lowest BCUT2D eigenvalue weighted by molar-refractivity contribution is 0.102. The van der Waals surface area contributed by atoms with Gasteiger partial charge in [0.15, 0.2) is 5.13 Å². The molecule has 110 valence electrons. The van der Waals surface area contributed by atoms with Gasteiger partial charge in [-0.25, -0.2) is 15.8 Å². The number of rotatable bonds is 3.